The van der Waals surface area contributed by atoms with E-state index in [9.17, 15) is 8.42 Å². The highest BCUT2D eigenvalue weighted by molar-refractivity contribution is 7.89. The SMILES string of the molecule is Cc1ccc(Oc2ccc(S(N)(=O)=O)c(N)c2)cc1C. The van der Waals surface area contributed by atoms with Gasteiger partial charge in [0, 0.05) is 6.07 Å². The van der Waals surface area contributed by atoms with Gasteiger partial charge in [0.15, 0.2) is 0 Å². The van der Waals surface area contributed by atoms with E-state index in [4.69, 9.17) is 15.6 Å². The molecule has 2 aromatic carbocycles. The van der Waals surface area contributed by atoms with Crippen molar-refractivity contribution in [1.29, 1.82) is 0 Å². The molecule has 0 aromatic heterocycles. The number of ether oxygens (including phenoxy) is 1. The van der Waals surface area contributed by atoms with E-state index in [1.165, 1.54) is 23.8 Å². The summed E-state index contributed by atoms with van der Waals surface area (Å²) < 4.78 is 28.2. The molecule has 106 valence electrons. The van der Waals surface area contributed by atoms with Crippen molar-refractivity contribution in [2.24, 2.45) is 5.14 Å². The summed E-state index contributed by atoms with van der Waals surface area (Å²) in [4.78, 5) is -0.107. The third-order valence-electron chi connectivity index (χ3n) is 3.00. The number of anilines is 1. The summed E-state index contributed by atoms with van der Waals surface area (Å²) in [5, 5.41) is 5.05. The van der Waals surface area contributed by atoms with Gasteiger partial charge in [-0.3, -0.25) is 0 Å². The Balaban J connectivity index is 2.31. The quantitative estimate of drug-likeness (QED) is 0.849. The third-order valence-corrected chi connectivity index (χ3v) is 3.99. The van der Waals surface area contributed by atoms with Crippen molar-refractivity contribution in [3.63, 3.8) is 0 Å². The summed E-state index contributed by atoms with van der Waals surface area (Å²) in [5.74, 6) is 1.12. The molecule has 2 aromatic rings. The fraction of sp³-hybridized carbons (Fsp3) is 0.143. The van der Waals surface area contributed by atoms with E-state index in [0.29, 0.717) is 11.5 Å². The third kappa shape index (κ3) is 3.09. The van der Waals surface area contributed by atoms with E-state index in [2.05, 4.69) is 0 Å². The van der Waals surface area contributed by atoms with E-state index in [-0.39, 0.29) is 10.6 Å². The molecule has 0 saturated heterocycles. The Morgan fingerprint density at radius 1 is 0.950 bits per heavy atom. The molecule has 0 atom stereocenters. The van der Waals surface area contributed by atoms with Crippen LogP contribution in [0, 0.1) is 13.8 Å². The number of nitrogens with two attached hydrogens (primary N) is 2. The smallest absolute Gasteiger partial charge is 0.240 e. The lowest BCUT2D eigenvalue weighted by atomic mass is 10.1. The van der Waals surface area contributed by atoms with Crippen molar-refractivity contribution in [3.05, 3.63) is 47.5 Å². The molecule has 5 nitrogen and oxygen atoms in total. The van der Waals surface area contributed by atoms with Crippen LogP contribution in [0.15, 0.2) is 41.3 Å². The Morgan fingerprint density at radius 3 is 2.10 bits per heavy atom. The van der Waals surface area contributed by atoms with Crippen molar-refractivity contribution < 1.29 is 13.2 Å². The summed E-state index contributed by atoms with van der Waals surface area (Å²) >= 11 is 0. The van der Waals surface area contributed by atoms with Gasteiger partial charge in [0.05, 0.1) is 5.69 Å². The normalized spacial score (nSPS) is 11.3. The van der Waals surface area contributed by atoms with E-state index < -0.39 is 10.0 Å². The Kier molecular flexibility index (Phi) is 3.69. The lowest BCUT2D eigenvalue weighted by Crippen LogP contribution is -2.14. The Bertz CT molecular complexity index is 755. The second-order valence-electron chi connectivity index (χ2n) is 4.59. The molecular formula is C14H16N2O3S. The first-order valence-electron chi connectivity index (χ1n) is 5.95. The van der Waals surface area contributed by atoms with Gasteiger partial charge in [-0.2, -0.15) is 0 Å². The molecule has 0 heterocycles. The minimum absolute atomic E-state index is 0.0637. The molecule has 0 saturated carbocycles. The van der Waals surface area contributed by atoms with Crippen LogP contribution in [0.4, 0.5) is 5.69 Å². The second kappa shape index (κ2) is 5.15. The van der Waals surface area contributed by atoms with Crippen molar-refractivity contribution >= 4 is 15.7 Å². The number of rotatable bonds is 3. The van der Waals surface area contributed by atoms with Crippen LogP contribution in [-0.2, 0) is 10.0 Å². The van der Waals surface area contributed by atoms with Gasteiger partial charge in [0.2, 0.25) is 10.0 Å². The zero-order chi connectivity index (χ0) is 14.9. The minimum Gasteiger partial charge on any atom is -0.457 e. The van der Waals surface area contributed by atoms with Gasteiger partial charge in [0.25, 0.3) is 0 Å². The van der Waals surface area contributed by atoms with Crippen LogP contribution in [-0.4, -0.2) is 8.42 Å². The maximum absolute atomic E-state index is 11.3. The topological polar surface area (TPSA) is 95.4 Å². The molecule has 2 rings (SSSR count). The molecule has 0 spiro atoms. The Morgan fingerprint density at radius 2 is 1.55 bits per heavy atom. The van der Waals surface area contributed by atoms with Gasteiger partial charge in [-0.1, -0.05) is 6.07 Å². The van der Waals surface area contributed by atoms with Crippen LogP contribution in [0.1, 0.15) is 11.1 Å². The lowest BCUT2D eigenvalue weighted by molar-refractivity contribution is 0.482. The van der Waals surface area contributed by atoms with Crippen LogP contribution in [0.2, 0.25) is 0 Å². The maximum Gasteiger partial charge on any atom is 0.240 e. The first-order valence-corrected chi connectivity index (χ1v) is 7.49. The average molecular weight is 292 g/mol. The van der Waals surface area contributed by atoms with Crippen LogP contribution in [0.25, 0.3) is 0 Å². The van der Waals surface area contributed by atoms with Crippen LogP contribution in [0.5, 0.6) is 11.5 Å². The fourth-order valence-electron chi connectivity index (χ4n) is 1.76. The first-order chi connectivity index (χ1) is 9.27. The molecule has 0 aliphatic carbocycles. The van der Waals surface area contributed by atoms with Gasteiger partial charge in [-0.15, -0.1) is 0 Å². The zero-order valence-corrected chi connectivity index (χ0v) is 12.1. The molecule has 20 heavy (non-hydrogen) atoms. The van der Waals surface area contributed by atoms with Gasteiger partial charge < -0.3 is 10.5 Å². The van der Waals surface area contributed by atoms with E-state index in [1.54, 1.807) is 0 Å². The molecular weight excluding hydrogens is 276 g/mol. The van der Waals surface area contributed by atoms with Crippen molar-refractivity contribution in [3.8, 4) is 11.5 Å². The van der Waals surface area contributed by atoms with Crippen molar-refractivity contribution in [2.75, 3.05) is 5.73 Å². The van der Waals surface area contributed by atoms with E-state index >= 15 is 0 Å². The molecule has 0 unspecified atom stereocenters. The lowest BCUT2D eigenvalue weighted by Gasteiger charge is -2.10. The first kappa shape index (κ1) is 14.4. The Labute approximate surface area is 118 Å². The highest BCUT2D eigenvalue weighted by atomic mass is 32.2. The highest BCUT2D eigenvalue weighted by Crippen LogP contribution is 2.28. The number of sulfonamides is 1. The molecule has 0 fully saturated rings. The van der Waals surface area contributed by atoms with Crippen molar-refractivity contribution in [1.82, 2.24) is 0 Å². The van der Waals surface area contributed by atoms with E-state index in [1.807, 2.05) is 32.0 Å². The minimum atomic E-state index is -3.82. The summed E-state index contributed by atoms with van der Waals surface area (Å²) in [6.07, 6.45) is 0. The van der Waals surface area contributed by atoms with Crippen LogP contribution in [0.3, 0.4) is 0 Å². The maximum atomic E-state index is 11.3. The van der Waals surface area contributed by atoms with Crippen molar-refractivity contribution in [2.45, 2.75) is 18.7 Å². The molecule has 0 bridgehead atoms. The number of aryl methyl sites for hydroxylation is 2. The number of primary sulfonamides is 1. The molecule has 4 N–H and O–H groups in total. The zero-order valence-electron chi connectivity index (χ0n) is 11.3. The summed E-state index contributed by atoms with van der Waals surface area (Å²) in [6.45, 7) is 4.00. The largest absolute Gasteiger partial charge is 0.457 e. The monoisotopic (exact) mass is 292 g/mol. The molecule has 0 aliphatic rings. The predicted molar refractivity (Wildman–Crippen MR) is 78.2 cm³/mol. The molecule has 0 aliphatic heterocycles. The molecule has 0 radical (unpaired) electrons. The molecule has 6 heteroatoms. The standard InChI is InChI=1S/C14H16N2O3S/c1-9-3-4-11(7-10(9)2)19-12-5-6-14(13(15)8-12)20(16,17)18/h3-8H,15H2,1-2H3,(H2,16,17,18). The Hall–Kier alpha value is -2.05. The van der Waals surface area contributed by atoms with Gasteiger partial charge >= 0.3 is 0 Å². The average Bonchev–Trinajstić information content (AvgIpc) is 2.32. The second-order valence-corrected chi connectivity index (χ2v) is 6.12. The summed E-state index contributed by atoms with van der Waals surface area (Å²) in [7, 11) is -3.82. The summed E-state index contributed by atoms with van der Waals surface area (Å²) in [6, 6.07) is 9.99. The van der Waals surface area contributed by atoms with Gasteiger partial charge in [-0.25, -0.2) is 13.6 Å². The number of benzene rings is 2. The highest BCUT2D eigenvalue weighted by Gasteiger charge is 2.13. The summed E-state index contributed by atoms with van der Waals surface area (Å²) in [5.41, 5.74) is 8.02. The fourth-order valence-corrected chi connectivity index (χ4v) is 2.41. The van der Waals surface area contributed by atoms with Crippen LogP contribution >= 0.6 is 0 Å². The number of nitrogen functional groups attached to an aromatic ring is 1. The molecule has 0 amide bonds. The number of hydrogen-bond donors (Lipinski definition) is 2. The van der Waals surface area contributed by atoms with Gasteiger partial charge in [-0.05, 0) is 49.2 Å². The van der Waals surface area contributed by atoms with Crippen LogP contribution < -0.4 is 15.6 Å². The number of hydrogen-bond acceptors (Lipinski definition) is 4. The predicted octanol–water partition coefficient (Wildman–Crippen LogP) is 2.33. The van der Waals surface area contributed by atoms with E-state index in [0.717, 1.165) is 5.56 Å². The van der Waals surface area contributed by atoms with Gasteiger partial charge in [0.1, 0.15) is 16.4 Å².